The SMILES string of the molecule is C=C(C)CCC(N)c1cc(F)ccc1C. The van der Waals surface area contributed by atoms with Gasteiger partial charge in [0.25, 0.3) is 0 Å². The van der Waals surface area contributed by atoms with Gasteiger partial charge >= 0.3 is 0 Å². The average Bonchev–Trinajstić information content (AvgIpc) is 2.18. The molecule has 0 saturated heterocycles. The largest absolute Gasteiger partial charge is 0.324 e. The summed E-state index contributed by atoms with van der Waals surface area (Å²) in [5, 5.41) is 0. The summed E-state index contributed by atoms with van der Waals surface area (Å²) in [7, 11) is 0. The zero-order valence-electron chi connectivity index (χ0n) is 9.39. The van der Waals surface area contributed by atoms with Crippen molar-refractivity contribution in [3.8, 4) is 0 Å². The van der Waals surface area contributed by atoms with Crippen molar-refractivity contribution in [2.45, 2.75) is 32.7 Å². The predicted molar refractivity (Wildman–Crippen MR) is 62.1 cm³/mol. The van der Waals surface area contributed by atoms with Crippen LogP contribution in [-0.4, -0.2) is 0 Å². The van der Waals surface area contributed by atoms with Gasteiger partial charge in [0.1, 0.15) is 5.82 Å². The first-order valence-electron chi connectivity index (χ1n) is 5.16. The summed E-state index contributed by atoms with van der Waals surface area (Å²) in [6.07, 6.45) is 1.71. The van der Waals surface area contributed by atoms with Crippen molar-refractivity contribution in [1.29, 1.82) is 0 Å². The summed E-state index contributed by atoms with van der Waals surface area (Å²) in [4.78, 5) is 0. The molecule has 0 aliphatic heterocycles. The molecule has 82 valence electrons. The number of nitrogens with two attached hydrogens (primary N) is 1. The van der Waals surface area contributed by atoms with Crippen LogP contribution in [0.25, 0.3) is 0 Å². The Labute approximate surface area is 90.8 Å². The average molecular weight is 207 g/mol. The minimum Gasteiger partial charge on any atom is -0.324 e. The normalized spacial score (nSPS) is 12.5. The standard InChI is InChI=1S/C13H18FN/c1-9(2)4-7-13(15)12-8-11(14)6-5-10(12)3/h5-6,8,13H,1,4,7,15H2,2-3H3. The van der Waals surface area contributed by atoms with Crippen LogP contribution in [0.1, 0.15) is 36.9 Å². The van der Waals surface area contributed by atoms with Gasteiger partial charge in [-0.25, -0.2) is 4.39 Å². The molecule has 1 unspecified atom stereocenters. The van der Waals surface area contributed by atoms with Gasteiger partial charge in [0.15, 0.2) is 0 Å². The van der Waals surface area contributed by atoms with Crippen LogP contribution < -0.4 is 5.73 Å². The van der Waals surface area contributed by atoms with Crippen LogP contribution in [0.3, 0.4) is 0 Å². The number of halogens is 1. The second-order valence-corrected chi connectivity index (χ2v) is 4.10. The fourth-order valence-corrected chi connectivity index (χ4v) is 1.57. The quantitative estimate of drug-likeness (QED) is 0.751. The highest BCUT2D eigenvalue weighted by molar-refractivity contribution is 5.29. The van der Waals surface area contributed by atoms with Gasteiger partial charge < -0.3 is 5.73 Å². The van der Waals surface area contributed by atoms with Gasteiger partial charge in [-0.2, -0.15) is 0 Å². The number of benzene rings is 1. The highest BCUT2D eigenvalue weighted by Crippen LogP contribution is 2.22. The monoisotopic (exact) mass is 207 g/mol. The van der Waals surface area contributed by atoms with Crippen molar-refractivity contribution in [1.82, 2.24) is 0 Å². The van der Waals surface area contributed by atoms with E-state index in [0.29, 0.717) is 0 Å². The summed E-state index contributed by atoms with van der Waals surface area (Å²) in [5.74, 6) is -0.221. The van der Waals surface area contributed by atoms with Crippen molar-refractivity contribution >= 4 is 0 Å². The van der Waals surface area contributed by atoms with Crippen LogP contribution in [0.2, 0.25) is 0 Å². The zero-order valence-corrected chi connectivity index (χ0v) is 9.39. The van der Waals surface area contributed by atoms with Crippen molar-refractivity contribution in [3.05, 3.63) is 47.3 Å². The molecule has 0 spiro atoms. The van der Waals surface area contributed by atoms with Crippen LogP contribution in [0.15, 0.2) is 30.4 Å². The van der Waals surface area contributed by atoms with Crippen molar-refractivity contribution in [2.75, 3.05) is 0 Å². The molecule has 0 aromatic heterocycles. The Balaban J connectivity index is 2.76. The van der Waals surface area contributed by atoms with E-state index in [1.54, 1.807) is 6.07 Å². The zero-order chi connectivity index (χ0) is 11.4. The van der Waals surface area contributed by atoms with E-state index < -0.39 is 0 Å². The number of hydrogen-bond acceptors (Lipinski definition) is 1. The minimum atomic E-state index is -0.221. The van der Waals surface area contributed by atoms with E-state index in [1.807, 2.05) is 13.8 Å². The van der Waals surface area contributed by atoms with Gasteiger partial charge in [-0.15, -0.1) is 6.58 Å². The topological polar surface area (TPSA) is 26.0 Å². The molecule has 2 heteroatoms. The van der Waals surface area contributed by atoms with Gasteiger partial charge in [0.05, 0.1) is 0 Å². The van der Waals surface area contributed by atoms with Crippen molar-refractivity contribution in [2.24, 2.45) is 5.73 Å². The lowest BCUT2D eigenvalue weighted by molar-refractivity contribution is 0.606. The van der Waals surface area contributed by atoms with E-state index in [1.165, 1.54) is 12.1 Å². The molecule has 0 heterocycles. The second kappa shape index (κ2) is 5.08. The first-order valence-corrected chi connectivity index (χ1v) is 5.16. The summed E-state index contributed by atoms with van der Waals surface area (Å²) in [6, 6.07) is 4.66. The first kappa shape index (κ1) is 11.9. The Morgan fingerprint density at radius 1 is 1.53 bits per heavy atom. The molecule has 1 aromatic carbocycles. The van der Waals surface area contributed by atoms with Crippen LogP contribution >= 0.6 is 0 Å². The van der Waals surface area contributed by atoms with Gasteiger partial charge in [-0.3, -0.25) is 0 Å². The molecule has 0 radical (unpaired) electrons. The first-order chi connectivity index (χ1) is 7.00. The lowest BCUT2D eigenvalue weighted by Crippen LogP contribution is -2.12. The Morgan fingerprint density at radius 2 is 2.20 bits per heavy atom. The molecule has 0 amide bonds. The van der Waals surface area contributed by atoms with Gasteiger partial charge in [0, 0.05) is 6.04 Å². The number of rotatable bonds is 4. The maximum Gasteiger partial charge on any atom is 0.123 e. The molecule has 15 heavy (non-hydrogen) atoms. The Morgan fingerprint density at radius 3 is 2.80 bits per heavy atom. The van der Waals surface area contributed by atoms with E-state index in [4.69, 9.17) is 5.73 Å². The predicted octanol–water partition coefficient (Wildman–Crippen LogP) is 3.49. The lowest BCUT2D eigenvalue weighted by atomic mass is 9.97. The molecule has 1 atom stereocenters. The van der Waals surface area contributed by atoms with Gasteiger partial charge in [-0.05, 0) is 49.9 Å². The van der Waals surface area contributed by atoms with E-state index >= 15 is 0 Å². The van der Waals surface area contributed by atoms with Crippen LogP contribution in [0, 0.1) is 12.7 Å². The Hall–Kier alpha value is -1.15. The van der Waals surface area contributed by atoms with Gasteiger partial charge in [0.2, 0.25) is 0 Å². The lowest BCUT2D eigenvalue weighted by Gasteiger charge is -2.14. The van der Waals surface area contributed by atoms with E-state index in [2.05, 4.69) is 6.58 Å². The highest BCUT2D eigenvalue weighted by Gasteiger charge is 2.09. The maximum absolute atomic E-state index is 13.0. The molecule has 0 aliphatic carbocycles. The molecular formula is C13H18FN. The summed E-state index contributed by atoms with van der Waals surface area (Å²) >= 11 is 0. The molecular weight excluding hydrogens is 189 g/mol. The molecule has 1 rings (SSSR count). The van der Waals surface area contributed by atoms with Gasteiger partial charge in [-0.1, -0.05) is 11.6 Å². The molecule has 0 fully saturated rings. The molecule has 0 bridgehead atoms. The van der Waals surface area contributed by atoms with Crippen molar-refractivity contribution < 1.29 is 4.39 Å². The minimum absolute atomic E-state index is 0.0996. The summed E-state index contributed by atoms with van der Waals surface area (Å²) in [5.41, 5.74) is 9.06. The number of aryl methyl sites for hydroxylation is 1. The van der Waals surface area contributed by atoms with E-state index in [-0.39, 0.29) is 11.9 Å². The smallest absolute Gasteiger partial charge is 0.123 e. The van der Waals surface area contributed by atoms with Crippen LogP contribution in [-0.2, 0) is 0 Å². The molecule has 0 aliphatic rings. The third kappa shape index (κ3) is 3.48. The maximum atomic E-state index is 13.0. The van der Waals surface area contributed by atoms with Crippen LogP contribution in [0.5, 0.6) is 0 Å². The van der Waals surface area contributed by atoms with Crippen molar-refractivity contribution in [3.63, 3.8) is 0 Å². The van der Waals surface area contributed by atoms with E-state index in [9.17, 15) is 4.39 Å². The second-order valence-electron chi connectivity index (χ2n) is 4.10. The highest BCUT2D eigenvalue weighted by atomic mass is 19.1. The molecule has 0 saturated carbocycles. The summed E-state index contributed by atoms with van der Waals surface area (Å²) < 4.78 is 13.0. The fraction of sp³-hybridized carbons (Fsp3) is 0.385. The van der Waals surface area contributed by atoms with E-state index in [0.717, 1.165) is 29.5 Å². The Kier molecular flexibility index (Phi) is 4.04. The molecule has 1 aromatic rings. The van der Waals surface area contributed by atoms with Crippen LogP contribution in [0.4, 0.5) is 4.39 Å². The molecule has 2 N–H and O–H groups in total. The third-order valence-electron chi connectivity index (χ3n) is 2.52. The number of hydrogen-bond donors (Lipinski definition) is 1. The fourth-order valence-electron chi connectivity index (χ4n) is 1.57. The third-order valence-corrected chi connectivity index (χ3v) is 2.52. The summed E-state index contributed by atoms with van der Waals surface area (Å²) in [6.45, 7) is 7.76. The molecule has 1 nitrogen and oxygen atoms in total. The Bertz CT molecular complexity index is 358. The number of allylic oxidation sites excluding steroid dienone is 1.